The molecule has 1 heterocycles. The molecule has 1 aromatic carbocycles. The fourth-order valence-electron chi connectivity index (χ4n) is 2.59. The Kier molecular flexibility index (Phi) is 3.24. The lowest BCUT2D eigenvalue weighted by Gasteiger charge is -2.16. The fraction of sp³-hybridized carbons (Fsp3) is 0.462. The first-order valence-electron chi connectivity index (χ1n) is 6.11. The van der Waals surface area contributed by atoms with Crippen LogP contribution in [0.25, 0.3) is 0 Å². The molecule has 18 heavy (non-hydrogen) atoms. The summed E-state index contributed by atoms with van der Waals surface area (Å²) in [4.78, 5) is 4.78. The van der Waals surface area contributed by atoms with E-state index in [2.05, 4.69) is 5.32 Å². The average Bonchev–Trinajstić information content (AvgIpc) is 2.89. The number of benzene rings is 1. The zero-order valence-corrected chi connectivity index (χ0v) is 11.5. The number of thioether (sulfide) groups is 1. The first-order chi connectivity index (χ1) is 8.65. The molecule has 0 radical (unpaired) electrons. The molecule has 0 amide bonds. The minimum absolute atomic E-state index is 0.143. The molecule has 2 nitrogen and oxygen atoms in total. The van der Waals surface area contributed by atoms with Crippen molar-refractivity contribution in [2.45, 2.75) is 31.2 Å². The van der Waals surface area contributed by atoms with Crippen LogP contribution in [0.4, 0.5) is 10.1 Å². The van der Waals surface area contributed by atoms with Crippen molar-refractivity contribution in [2.75, 3.05) is 11.1 Å². The fourth-order valence-corrected chi connectivity index (χ4v) is 4.01. The molecular weight excluding hydrogens is 271 g/mol. The van der Waals surface area contributed by atoms with E-state index in [4.69, 9.17) is 16.6 Å². The summed E-state index contributed by atoms with van der Waals surface area (Å²) in [5.41, 5.74) is 0.811. The van der Waals surface area contributed by atoms with Gasteiger partial charge in [0.05, 0.1) is 5.54 Å². The van der Waals surface area contributed by atoms with E-state index < -0.39 is 0 Å². The average molecular weight is 285 g/mol. The third-order valence-corrected chi connectivity index (χ3v) is 4.83. The highest BCUT2D eigenvalue weighted by Gasteiger charge is 2.38. The summed E-state index contributed by atoms with van der Waals surface area (Å²) in [5, 5.41) is 4.45. The van der Waals surface area contributed by atoms with Crippen LogP contribution in [-0.4, -0.2) is 16.5 Å². The summed E-state index contributed by atoms with van der Waals surface area (Å²) < 4.78 is 13.2. The van der Waals surface area contributed by atoms with Gasteiger partial charge in [0, 0.05) is 16.5 Å². The number of aliphatic imine (C=N–C) groups is 1. The molecule has 1 saturated carbocycles. The lowest BCUT2D eigenvalue weighted by Crippen LogP contribution is -2.21. The van der Waals surface area contributed by atoms with E-state index in [1.165, 1.54) is 37.8 Å². The Morgan fingerprint density at radius 2 is 2.06 bits per heavy atom. The number of nitrogens with one attached hydrogen (secondary N) is 1. The second-order valence-corrected chi connectivity index (χ2v) is 6.32. The Labute approximate surface area is 115 Å². The Morgan fingerprint density at radius 1 is 1.28 bits per heavy atom. The summed E-state index contributed by atoms with van der Waals surface area (Å²) in [7, 11) is 0. The number of rotatable bonds is 1. The molecule has 3 rings (SSSR count). The Balaban J connectivity index is 1.77. The first-order valence-corrected chi connectivity index (χ1v) is 7.47. The van der Waals surface area contributed by atoms with Crippen molar-refractivity contribution in [3.63, 3.8) is 0 Å². The maximum atomic E-state index is 13.2. The smallest absolute Gasteiger partial charge is 0.161 e. The van der Waals surface area contributed by atoms with Gasteiger partial charge in [0.1, 0.15) is 5.82 Å². The molecule has 0 atom stereocenters. The minimum atomic E-state index is -0.329. The summed E-state index contributed by atoms with van der Waals surface area (Å²) in [6.45, 7) is 0. The van der Waals surface area contributed by atoms with Gasteiger partial charge in [0.25, 0.3) is 0 Å². The van der Waals surface area contributed by atoms with Crippen molar-refractivity contribution in [1.29, 1.82) is 0 Å². The highest BCUT2D eigenvalue weighted by Crippen LogP contribution is 2.41. The van der Waals surface area contributed by atoms with E-state index >= 15 is 0 Å². The highest BCUT2D eigenvalue weighted by molar-refractivity contribution is 8.14. The zero-order chi connectivity index (χ0) is 12.6. The summed E-state index contributed by atoms with van der Waals surface area (Å²) in [6.07, 6.45) is 4.89. The highest BCUT2D eigenvalue weighted by atomic mass is 35.5. The van der Waals surface area contributed by atoms with Gasteiger partial charge >= 0.3 is 0 Å². The van der Waals surface area contributed by atoms with Gasteiger partial charge in [-0.15, -0.1) is 0 Å². The molecule has 5 heteroatoms. The number of nitrogens with zero attached hydrogens (tertiary/aromatic N) is 1. The van der Waals surface area contributed by atoms with Crippen LogP contribution in [0.5, 0.6) is 0 Å². The number of halogens is 2. The number of hydrogen-bond acceptors (Lipinski definition) is 3. The Morgan fingerprint density at radius 3 is 2.78 bits per heavy atom. The second-order valence-electron chi connectivity index (χ2n) is 4.92. The van der Waals surface area contributed by atoms with E-state index in [0.717, 1.165) is 10.9 Å². The van der Waals surface area contributed by atoms with Crippen molar-refractivity contribution >= 4 is 34.2 Å². The van der Waals surface area contributed by atoms with Crippen molar-refractivity contribution in [2.24, 2.45) is 4.99 Å². The van der Waals surface area contributed by atoms with E-state index in [0.29, 0.717) is 10.7 Å². The van der Waals surface area contributed by atoms with E-state index in [-0.39, 0.29) is 11.4 Å². The SMILES string of the molecule is Fc1cc(Cl)cc(NC2=NC3(CCCC3)CS2)c1. The van der Waals surface area contributed by atoms with E-state index in [1.807, 2.05) is 0 Å². The van der Waals surface area contributed by atoms with Crippen LogP contribution in [-0.2, 0) is 0 Å². The lowest BCUT2D eigenvalue weighted by molar-refractivity contribution is 0.508. The van der Waals surface area contributed by atoms with Crippen molar-refractivity contribution in [3.8, 4) is 0 Å². The Bertz CT molecular complexity index is 478. The summed E-state index contributed by atoms with van der Waals surface area (Å²) in [6, 6.07) is 4.46. The summed E-state index contributed by atoms with van der Waals surface area (Å²) in [5.74, 6) is 0.711. The van der Waals surface area contributed by atoms with E-state index in [1.54, 1.807) is 17.8 Å². The molecule has 1 aliphatic heterocycles. The molecule has 1 fully saturated rings. The van der Waals surface area contributed by atoms with Gasteiger partial charge in [-0.2, -0.15) is 0 Å². The predicted molar refractivity (Wildman–Crippen MR) is 76.1 cm³/mol. The second kappa shape index (κ2) is 4.74. The van der Waals surface area contributed by atoms with Crippen LogP contribution < -0.4 is 5.32 Å². The van der Waals surface area contributed by atoms with Gasteiger partial charge in [0.15, 0.2) is 5.17 Å². The third kappa shape index (κ3) is 2.50. The first kappa shape index (κ1) is 12.3. The molecule has 1 N–H and O–H groups in total. The molecule has 0 bridgehead atoms. The van der Waals surface area contributed by atoms with Gasteiger partial charge in [-0.3, -0.25) is 4.99 Å². The van der Waals surface area contributed by atoms with Crippen LogP contribution in [0.1, 0.15) is 25.7 Å². The largest absolute Gasteiger partial charge is 0.335 e. The van der Waals surface area contributed by atoms with Gasteiger partial charge in [-0.25, -0.2) is 4.39 Å². The molecular formula is C13H14ClFN2S. The van der Waals surface area contributed by atoms with Crippen molar-refractivity contribution in [3.05, 3.63) is 29.0 Å². The topological polar surface area (TPSA) is 24.4 Å². The van der Waals surface area contributed by atoms with Crippen LogP contribution >= 0.6 is 23.4 Å². The maximum Gasteiger partial charge on any atom is 0.161 e. The van der Waals surface area contributed by atoms with Gasteiger partial charge in [-0.05, 0) is 31.0 Å². The third-order valence-electron chi connectivity index (χ3n) is 3.46. The number of hydrogen-bond donors (Lipinski definition) is 1. The van der Waals surface area contributed by atoms with E-state index in [9.17, 15) is 4.39 Å². The van der Waals surface area contributed by atoms with Gasteiger partial charge in [-0.1, -0.05) is 36.2 Å². The predicted octanol–water partition coefficient (Wildman–Crippen LogP) is 4.31. The van der Waals surface area contributed by atoms with Crippen molar-refractivity contribution in [1.82, 2.24) is 0 Å². The number of amidine groups is 1. The maximum absolute atomic E-state index is 13.2. The Hall–Kier alpha value is -0.740. The normalized spacial score (nSPS) is 21.3. The van der Waals surface area contributed by atoms with Crippen LogP contribution in [0, 0.1) is 5.82 Å². The summed E-state index contributed by atoms with van der Waals surface area (Å²) >= 11 is 7.55. The molecule has 0 unspecified atom stereocenters. The van der Waals surface area contributed by atoms with Crippen LogP contribution in [0.2, 0.25) is 5.02 Å². The molecule has 1 aliphatic carbocycles. The molecule has 0 aromatic heterocycles. The lowest BCUT2D eigenvalue weighted by atomic mass is 10.0. The quantitative estimate of drug-likeness (QED) is 0.831. The monoisotopic (exact) mass is 284 g/mol. The standard InChI is InChI=1S/C13H14ClFN2S/c14-9-5-10(15)7-11(6-9)16-12-17-13(8-18-12)3-1-2-4-13/h5-7H,1-4,8H2,(H,16,17). The van der Waals surface area contributed by atoms with Crippen molar-refractivity contribution < 1.29 is 4.39 Å². The zero-order valence-electron chi connectivity index (χ0n) is 9.88. The molecule has 0 saturated heterocycles. The van der Waals surface area contributed by atoms with Crippen LogP contribution in [0.3, 0.4) is 0 Å². The van der Waals surface area contributed by atoms with Gasteiger partial charge in [0.2, 0.25) is 0 Å². The number of anilines is 1. The molecule has 1 spiro atoms. The van der Waals surface area contributed by atoms with Crippen LogP contribution in [0.15, 0.2) is 23.2 Å². The molecule has 96 valence electrons. The molecule has 1 aromatic rings. The minimum Gasteiger partial charge on any atom is -0.335 e. The molecule has 2 aliphatic rings. The van der Waals surface area contributed by atoms with Gasteiger partial charge < -0.3 is 5.32 Å².